The van der Waals surface area contributed by atoms with Gasteiger partial charge < -0.3 is 10.1 Å². The van der Waals surface area contributed by atoms with Crippen LogP contribution in [0, 0.1) is 13.8 Å². The minimum absolute atomic E-state index is 0.00821. The van der Waals surface area contributed by atoms with Gasteiger partial charge in [0.05, 0.1) is 22.0 Å². The number of thiazole rings is 1. The van der Waals surface area contributed by atoms with Crippen molar-refractivity contribution in [1.82, 2.24) is 4.98 Å². The van der Waals surface area contributed by atoms with Crippen molar-refractivity contribution in [2.24, 2.45) is 0 Å². The fraction of sp³-hybridized carbons (Fsp3) is 0.261. The van der Waals surface area contributed by atoms with Crippen molar-refractivity contribution >= 4 is 34.5 Å². The normalized spacial score (nSPS) is 15.8. The van der Waals surface area contributed by atoms with Gasteiger partial charge in [-0.05, 0) is 57.2 Å². The molecule has 6 nitrogen and oxygen atoms in total. The number of fused-ring (bicyclic) bond motifs is 1. The molecular weight excluding hydrogens is 455 g/mol. The molecule has 1 aromatic heterocycles. The second-order valence-electron chi connectivity index (χ2n) is 7.63. The molecule has 33 heavy (non-hydrogen) atoms. The lowest BCUT2D eigenvalue weighted by atomic mass is 10.1. The zero-order chi connectivity index (χ0) is 23.9. The van der Waals surface area contributed by atoms with Crippen LogP contribution in [0.15, 0.2) is 42.5 Å². The SMILES string of the molecule is Cc1nc(-c2ccc3c(c2)N(CC(=O)Nc2cccc(C(F)(F)F)c2)C(=O)C(C)O3)c(C)s1. The van der Waals surface area contributed by atoms with Crippen LogP contribution in [0.4, 0.5) is 24.5 Å². The first-order valence-corrected chi connectivity index (χ1v) is 10.9. The summed E-state index contributed by atoms with van der Waals surface area (Å²) in [7, 11) is 0. The standard InChI is InChI=1S/C23H20F3N3O3S/c1-12-22(31)29(11-20(30)28-17-6-4-5-16(10-17)23(24,25)26)18-9-15(7-8-19(18)32-12)21-13(2)33-14(3)27-21/h4-10,12H,11H2,1-3H3,(H,28,30). The van der Waals surface area contributed by atoms with Crippen molar-refractivity contribution < 1.29 is 27.5 Å². The summed E-state index contributed by atoms with van der Waals surface area (Å²) in [5, 5.41) is 3.34. The molecule has 10 heteroatoms. The van der Waals surface area contributed by atoms with E-state index in [0.717, 1.165) is 33.3 Å². The number of benzene rings is 2. The Morgan fingerprint density at radius 2 is 1.97 bits per heavy atom. The summed E-state index contributed by atoms with van der Waals surface area (Å²) in [5.74, 6) is -0.624. The number of ether oxygens (including phenoxy) is 1. The first-order chi connectivity index (χ1) is 15.5. The molecule has 2 heterocycles. The first kappa shape index (κ1) is 22.8. The number of hydrogen-bond acceptors (Lipinski definition) is 5. The summed E-state index contributed by atoms with van der Waals surface area (Å²) in [6.45, 7) is 5.04. The molecule has 2 aromatic carbocycles. The van der Waals surface area contributed by atoms with Crippen molar-refractivity contribution in [1.29, 1.82) is 0 Å². The maximum Gasteiger partial charge on any atom is 0.416 e. The Bertz CT molecular complexity index is 1240. The number of nitrogens with one attached hydrogen (secondary N) is 1. The van der Waals surface area contributed by atoms with E-state index in [9.17, 15) is 22.8 Å². The van der Waals surface area contributed by atoms with Crippen LogP contribution in [-0.4, -0.2) is 29.4 Å². The second kappa shape index (κ2) is 8.51. The number of nitrogens with zero attached hydrogens (tertiary/aromatic N) is 2. The van der Waals surface area contributed by atoms with E-state index >= 15 is 0 Å². The van der Waals surface area contributed by atoms with Gasteiger partial charge in [-0.25, -0.2) is 4.98 Å². The fourth-order valence-corrected chi connectivity index (χ4v) is 4.47. The van der Waals surface area contributed by atoms with E-state index in [1.807, 2.05) is 19.9 Å². The molecule has 0 aliphatic carbocycles. The molecule has 2 amide bonds. The van der Waals surface area contributed by atoms with Crippen LogP contribution in [0.1, 0.15) is 22.4 Å². The highest BCUT2D eigenvalue weighted by Gasteiger charge is 2.34. The average molecular weight is 475 g/mol. The van der Waals surface area contributed by atoms with Crippen LogP contribution in [0.3, 0.4) is 0 Å². The van der Waals surface area contributed by atoms with Crippen molar-refractivity contribution in [3.05, 3.63) is 57.9 Å². The van der Waals surface area contributed by atoms with E-state index in [2.05, 4.69) is 10.3 Å². The molecule has 0 spiro atoms. The van der Waals surface area contributed by atoms with Gasteiger partial charge in [-0.2, -0.15) is 13.2 Å². The molecule has 0 fully saturated rings. The Morgan fingerprint density at radius 3 is 2.64 bits per heavy atom. The Labute approximate surface area is 192 Å². The van der Waals surface area contributed by atoms with Crippen LogP contribution in [0.25, 0.3) is 11.3 Å². The lowest BCUT2D eigenvalue weighted by Gasteiger charge is -2.33. The number of halogens is 3. The fourth-order valence-electron chi connectivity index (χ4n) is 3.63. The second-order valence-corrected chi connectivity index (χ2v) is 9.04. The Kier molecular flexibility index (Phi) is 5.87. The van der Waals surface area contributed by atoms with Gasteiger partial charge in [0.15, 0.2) is 6.10 Å². The number of alkyl halides is 3. The Hall–Kier alpha value is -3.40. The quantitative estimate of drug-likeness (QED) is 0.563. The number of carbonyl (C=O) groups is 2. The van der Waals surface area contributed by atoms with E-state index in [1.54, 1.807) is 30.4 Å². The summed E-state index contributed by atoms with van der Waals surface area (Å²) >= 11 is 1.55. The third kappa shape index (κ3) is 4.70. The number of hydrogen-bond donors (Lipinski definition) is 1. The van der Waals surface area contributed by atoms with Crippen molar-refractivity contribution in [2.75, 3.05) is 16.8 Å². The van der Waals surface area contributed by atoms with Gasteiger partial charge in [0, 0.05) is 16.1 Å². The van der Waals surface area contributed by atoms with Crippen molar-refractivity contribution in [3.63, 3.8) is 0 Å². The van der Waals surface area contributed by atoms with Crippen LogP contribution < -0.4 is 15.0 Å². The van der Waals surface area contributed by atoms with Gasteiger partial charge in [-0.15, -0.1) is 11.3 Å². The summed E-state index contributed by atoms with van der Waals surface area (Å²) < 4.78 is 44.6. The van der Waals surface area contributed by atoms with Gasteiger partial charge >= 0.3 is 6.18 Å². The minimum Gasteiger partial charge on any atom is -0.479 e. The van der Waals surface area contributed by atoms with Crippen LogP contribution in [-0.2, 0) is 15.8 Å². The lowest BCUT2D eigenvalue weighted by Crippen LogP contribution is -2.47. The molecule has 0 saturated carbocycles. The number of aryl methyl sites for hydroxylation is 2. The molecule has 0 bridgehead atoms. The topological polar surface area (TPSA) is 71.5 Å². The summed E-state index contributed by atoms with van der Waals surface area (Å²) in [6.07, 6.45) is -5.34. The van der Waals surface area contributed by atoms with Gasteiger partial charge in [-0.3, -0.25) is 14.5 Å². The molecule has 4 rings (SSSR count). The van der Waals surface area contributed by atoms with E-state index in [0.29, 0.717) is 11.4 Å². The third-order valence-electron chi connectivity index (χ3n) is 5.12. The number of rotatable bonds is 4. The van der Waals surface area contributed by atoms with Gasteiger partial charge in [0.1, 0.15) is 12.3 Å². The molecule has 3 aromatic rings. The molecule has 0 radical (unpaired) electrons. The van der Waals surface area contributed by atoms with E-state index in [-0.39, 0.29) is 12.2 Å². The maximum absolute atomic E-state index is 13.0. The monoisotopic (exact) mass is 475 g/mol. The zero-order valence-corrected chi connectivity index (χ0v) is 18.8. The Morgan fingerprint density at radius 1 is 1.21 bits per heavy atom. The molecule has 172 valence electrons. The molecule has 1 aliphatic heterocycles. The summed E-state index contributed by atoms with van der Waals surface area (Å²) in [5.41, 5.74) is 1.07. The number of aromatic nitrogens is 1. The smallest absolute Gasteiger partial charge is 0.416 e. The predicted octanol–water partition coefficient (Wildman–Crippen LogP) is 5.20. The van der Waals surface area contributed by atoms with Gasteiger partial charge in [0.2, 0.25) is 5.91 Å². The van der Waals surface area contributed by atoms with E-state index in [4.69, 9.17) is 4.74 Å². The third-order valence-corrected chi connectivity index (χ3v) is 6.01. The van der Waals surface area contributed by atoms with Crippen LogP contribution in [0.5, 0.6) is 5.75 Å². The van der Waals surface area contributed by atoms with Crippen molar-refractivity contribution in [2.45, 2.75) is 33.1 Å². The van der Waals surface area contributed by atoms with Crippen molar-refractivity contribution in [3.8, 4) is 17.0 Å². The summed E-state index contributed by atoms with van der Waals surface area (Å²) in [6, 6.07) is 9.63. The lowest BCUT2D eigenvalue weighted by molar-refractivity contribution is -0.137. The number of amides is 2. The molecule has 1 N–H and O–H groups in total. The van der Waals surface area contributed by atoms with Crippen LogP contribution in [0.2, 0.25) is 0 Å². The van der Waals surface area contributed by atoms with E-state index < -0.39 is 29.7 Å². The molecule has 1 atom stereocenters. The average Bonchev–Trinajstić information content (AvgIpc) is 3.08. The van der Waals surface area contributed by atoms with E-state index in [1.165, 1.54) is 17.0 Å². The zero-order valence-electron chi connectivity index (χ0n) is 18.0. The minimum atomic E-state index is -4.53. The molecule has 0 saturated heterocycles. The number of anilines is 2. The van der Waals surface area contributed by atoms with Gasteiger partial charge in [-0.1, -0.05) is 6.07 Å². The Balaban J connectivity index is 1.61. The van der Waals surface area contributed by atoms with Gasteiger partial charge in [0.25, 0.3) is 5.91 Å². The summed E-state index contributed by atoms with van der Waals surface area (Å²) in [4.78, 5) is 32.3. The molecule has 1 aliphatic rings. The highest BCUT2D eigenvalue weighted by molar-refractivity contribution is 7.11. The first-order valence-electron chi connectivity index (χ1n) is 10.1. The maximum atomic E-state index is 13.0. The highest BCUT2D eigenvalue weighted by Crippen LogP contribution is 2.39. The molecule has 1 unspecified atom stereocenters. The number of carbonyl (C=O) groups excluding carboxylic acids is 2. The largest absolute Gasteiger partial charge is 0.479 e. The molecular formula is C23H20F3N3O3S. The van der Waals surface area contributed by atoms with Crippen LogP contribution >= 0.6 is 11.3 Å². The predicted molar refractivity (Wildman–Crippen MR) is 120 cm³/mol. The highest BCUT2D eigenvalue weighted by atomic mass is 32.1.